The summed E-state index contributed by atoms with van der Waals surface area (Å²) < 4.78 is 26.6. The molecule has 23 heavy (non-hydrogen) atoms. The quantitative estimate of drug-likeness (QED) is 0.892. The topological polar surface area (TPSA) is 68.0 Å². The summed E-state index contributed by atoms with van der Waals surface area (Å²) in [5.41, 5.74) is 6.20. The molecule has 4 nitrogen and oxygen atoms in total. The smallest absolute Gasteiger partial charge is 0.250 e. The zero-order valence-electron chi connectivity index (χ0n) is 13.5. The van der Waals surface area contributed by atoms with Crippen LogP contribution in [-0.2, 0) is 12.0 Å². The predicted molar refractivity (Wildman–Crippen MR) is 87.8 cm³/mol. The number of primary amides is 1. The number of carbonyl (C=O) groups is 1. The van der Waals surface area contributed by atoms with E-state index in [1.807, 2.05) is 6.92 Å². The first-order chi connectivity index (χ1) is 10.6. The van der Waals surface area contributed by atoms with Gasteiger partial charge in [-0.15, -0.1) is 11.3 Å². The van der Waals surface area contributed by atoms with Crippen molar-refractivity contribution in [2.24, 2.45) is 5.73 Å². The Bertz CT molecular complexity index is 751. The van der Waals surface area contributed by atoms with Crippen LogP contribution in [0.4, 0.5) is 14.5 Å². The summed E-state index contributed by atoms with van der Waals surface area (Å²) >= 11 is 1.55. The summed E-state index contributed by atoms with van der Waals surface area (Å²) in [4.78, 5) is 17.0. The van der Waals surface area contributed by atoms with Crippen molar-refractivity contribution in [1.82, 2.24) is 4.98 Å². The number of anilines is 1. The Labute approximate surface area is 137 Å². The Morgan fingerprint density at radius 2 is 1.91 bits per heavy atom. The van der Waals surface area contributed by atoms with Gasteiger partial charge in [0.1, 0.15) is 5.01 Å². The van der Waals surface area contributed by atoms with Crippen LogP contribution in [0.15, 0.2) is 12.1 Å². The molecule has 0 saturated carbocycles. The minimum absolute atomic E-state index is 0.0135. The molecule has 0 aliphatic heterocycles. The molecule has 0 fully saturated rings. The molecule has 0 spiro atoms. The highest BCUT2D eigenvalue weighted by atomic mass is 32.1. The van der Waals surface area contributed by atoms with E-state index >= 15 is 0 Å². The van der Waals surface area contributed by atoms with Crippen molar-refractivity contribution < 1.29 is 13.6 Å². The van der Waals surface area contributed by atoms with Crippen LogP contribution in [0.2, 0.25) is 0 Å². The molecule has 0 bridgehead atoms. The molecule has 7 heteroatoms. The van der Waals surface area contributed by atoms with Crippen LogP contribution in [-0.4, -0.2) is 10.9 Å². The van der Waals surface area contributed by atoms with Gasteiger partial charge < -0.3 is 11.1 Å². The number of aromatic nitrogens is 1. The average molecular weight is 339 g/mol. The molecule has 0 saturated heterocycles. The van der Waals surface area contributed by atoms with Gasteiger partial charge in [-0.2, -0.15) is 0 Å². The Balaban J connectivity index is 2.25. The zero-order valence-corrected chi connectivity index (χ0v) is 14.3. The molecule has 1 aromatic carbocycles. The number of thiazole rings is 1. The number of nitrogens with zero attached hydrogens (tertiary/aromatic N) is 1. The molecule has 1 amide bonds. The standard InChI is InChI=1S/C16H19F2N3OS/c1-8-14(16(2,3)4)23-13(21-8)7-20-12-6-11(18)10(17)5-9(12)15(19)22/h5-6,20H,7H2,1-4H3,(H2,19,22). The second-order valence-electron chi connectivity index (χ2n) is 6.30. The van der Waals surface area contributed by atoms with E-state index in [-0.39, 0.29) is 16.7 Å². The summed E-state index contributed by atoms with van der Waals surface area (Å²) in [6, 6.07) is 1.73. The summed E-state index contributed by atoms with van der Waals surface area (Å²) in [6.07, 6.45) is 0. The van der Waals surface area contributed by atoms with E-state index in [9.17, 15) is 13.6 Å². The fourth-order valence-corrected chi connectivity index (χ4v) is 3.35. The maximum Gasteiger partial charge on any atom is 0.250 e. The number of benzene rings is 1. The highest BCUT2D eigenvalue weighted by molar-refractivity contribution is 7.11. The van der Waals surface area contributed by atoms with E-state index in [2.05, 4.69) is 31.1 Å². The summed E-state index contributed by atoms with van der Waals surface area (Å²) in [5, 5.41) is 3.71. The number of hydrogen-bond donors (Lipinski definition) is 2. The molecule has 0 aliphatic carbocycles. The van der Waals surface area contributed by atoms with Crippen LogP contribution in [0.1, 0.15) is 46.7 Å². The number of nitrogens with one attached hydrogen (secondary N) is 1. The monoisotopic (exact) mass is 339 g/mol. The van der Waals surface area contributed by atoms with Gasteiger partial charge in [0.15, 0.2) is 11.6 Å². The van der Waals surface area contributed by atoms with E-state index in [4.69, 9.17) is 5.73 Å². The van der Waals surface area contributed by atoms with Gasteiger partial charge in [0, 0.05) is 10.9 Å². The number of amides is 1. The Hall–Kier alpha value is -2.02. The molecule has 0 atom stereocenters. The first-order valence-corrected chi connectivity index (χ1v) is 7.90. The van der Waals surface area contributed by atoms with Gasteiger partial charge in [-0.25, -0.2) is 13.8 Å². The lowest BCUT2D eigenvalue weighted by atomic mass is 9.94. The van der Waals surface area contributed by atoms with Crippen molar-refractivity contribution in [3.05, 3.63) is 44.9 Å². The summed E-state index contributed by atoms with van der Waals surface area (Å²) in [7, 11) is 0. The van der Waals surface area contributed by atoms with Crippen molar-refractivity contribution in [2.45, 2.75) is 39.7 Å². The molecule has 1 aromatic heterocycles. The molecular formula is C16H19F2N3OS. The number of carbonyl (C=O) groups excluding carboxylic acids is 1. The highest BCUT2D eigenvalue weighted by Gasteiger charge is 2.21. The normalized spacial score (nSPS) is 11.6. The van der Waals surface area contributed by atoms with Crippen molar-refractivity contribution in [1.29, 1.82) is 0 Å². The minimum Gasteiger partial charge on any atom is -0.378 e. The van der Waals surface area contributed by atoms with Gasteiger partial charge >= 0.3 is 0 Å². The van der Waals surface area contributed by atoms with Gasteiger partial charge in [-0.1, -0.05) is 20.8 Å². The Kier molecular flexibility index (Phi) is 4.70. The van der Waals surface area contributed by atoms with E-state index in [1.165, 1.54) is 0 Å². The average Bonchev–Trinajstić information content (AvgIpc) is 2.80. The molecule has 0 aliphatic rings. The molecule has 1 heterocycles. The van der Waals surface area contributed by atoms with Crippen molar-refractivity contribution >= 4 is 22.9 Å². The molecule has 0 unspecified atom stereocenters. The first-order valence-electron chi connectivity index (χ1n) is 7.09. The largest absolute Gasteiger partial charge is 0.378 e. The van der Waals surface area contributed by atoms with Gasteiger partial charge in [-0.05, 0) is 18.4 Å². The second kappa shape index (κ2) is 6.23. The van der Waals surface area contributed by atoms with Crippen molar-refractivity contribution in [3.63, 3.8) is 0 Å². The van der Waals surface area contributed by atoms with Crippen LogP contribution < -0.4 is 11.1 Å². The first kappa shape index (κ1) is 17.3. The molecular weight excluding hydrogens is 320 g/mol. The highest BCUT2D eigenvalue weighted by Crippen LogP contribution is 2.31. The lowest BCUT2D eigenvalue weighted by molar-refractivity contribution is 0.100. The van der Waals surface area contributed by atoms with Crippen LogP contribution in [0, 0.1) is 18.6 Å². The van der Waals surface area contributed by atoms with E-state index < -0.39 is 17.5 Å². The fourth-order valence-electron chi connectivity index (χ4n) is 2.29. The molecule has 3 N–H and O–H groups in total. The Morgan fingerprint density at radius 3 is 2.43 bits per heavy atom. The minimum atomic E-state index is -1.11. The summed E-state index contributed by atoms with van der Waals surface area (Å²) in [6.45, 7) is 8.54. The SMILES string of the molecule is Cc1nc(CNc2cc(F)c(F)cc2C(N)=O)sc1C(C)(C)C. The Morgan fingerprint density at radius 1 is 1.30 bits per heavy atom. The lowest BCUT2D eigenvalue weighted by Crippen LogP contribution is -2.15. The third-order valence-electron chi connectivity index (χ3n) is 3.28. The lowest BCUT2D eigenvalue weighted by Gasteiger charge is -2.16. The number of aryl methyl sites for hydroxylation is 1. The molecule has 0 radical (unpaired) electrons. The van der Waals surface area contributed by atoms with Crippen LogP contribution in [0.25, 0.3) is 0 Å². The zero-order chi connectivity index (χ0) is 17.4. The second-order valence-corrected chi connectivity index (χ2v) is 7.39. The number of halogens is 2. The molecule has 2 rings (SSSR count). The summed E-state index contributed by atoms with van der Waals surface area (Å²) in [5.74, 6) is -2.97. The van der Waals surface area contributed by atoms with Crippen molar-refractivity contribution in [3.8, 4) is 0 Å². The van der Waals surface area contributed by atoms with Gasteiger partial charge in [0.05, 0.1) is 23.5 Å². The van der Waals surface area contributed by atoms with Gasteiger partial charge in [0.2, 0.25) is 0 Å². The maximum absolute atomic E-state index is 13.4. The third kappa shape index (κ3) is 3.85. The number of hydrogen-bond acceptors (Lipinski definition) is 4. The van der Waals surface area contributed by atoms with Crippen LogP contribution in [0.5, 0.6) is 0 Å². The van der Waals surface area contributed by atoms with Gasteiger partial charge in [-0.3, -0.25) is 4.79 Å². The third-order valence-corrected chi connectivity index (χ3v) is 4.86. The van der Waals surface area contributed by atoms with Gasteiger partial charge in [0.25, 0.3) is 5.91 Å². The van der Waals surface area contributed by atoms with E-state index in [1.54, 1.807) is 11.3 Å². The maximum atomic E-state index is 13.4. The van der Waals surface area contributed by atoms with E-state index in [0.717, 1.165) is 27.7 Å². The van der Waals surface area contributed by atoms with Crippen molar-refractivity contribution in [2.75, 3.05) is 5.32 Å². The number of rotatable bonds is 4. The molecule has 124 valence electrons. The van der Waals surface area contributed by atoms with Crippen LogP contribution >= 0.6 is 11.3 Å². The molecule has 2 aromatic rings. The fraction of sp³-hybridized carbons (Fsp3) is 0.375. The predicted octanol–water partition coefficient (Wildman–Crippen LogP) is 3.74. The number of nitrogens with two attached hydrogens (primary N) is 1. The van der Waals surface area contributed by atoms with E-state index in [0.29, 0.717) is 6.54 Å². The van der Waals surface area contributed by atoms with Crippen LogP contribution in [0.3, 0.4) is 0 Å².